The molecule has 2 aromatic carbocycles. The van der Waals surface area contributed by atoms with Crippen molar-refractivity contribution < 1.29 is 17.6 Å². The van der Waals surface area contributed by atoms with Crippen LogP contribution in [-0.2, 0) is 15.8 Å². The fourth-order valence-corrected chi connectivity index (χ4v) is 5.03. The third-order valence-corrected chi connectivity index (χ3v) is 6.97. The Morgan fingerprint density at radius 3 is 2.50 bits per heavy atom. The molecule has 1 aliphatic rings. The Morgan fingerprint density at radius 2 is 1.80 bits per heavy atom. The molecule has 8 heteroatoms. The number of amides is 1. The Labute approximate surface area is 180 Å². The summed E-state index contributed by atoms with van der Waals surface area (Å²) in [6, 6.07) is 16.1. The van der Waals surface area contributed by atoms with Crippen molar-refractivity contribution in [1.29, 1.82) is 0 Å². The predicted octanol–water partition coefficient (Wildman–Crippen LogP) is 4.06. The van der Waals surface area contributed by atoms with E-state index in [2.05, 4.69) is 4.72 Å². The molecule has 1 N–H and O–H groups in total. The second-order valence-electron chi connectivity index (χ2n) is 7.62. The van der Waals surface area contributed by atoms with Crippen LogP contribution in [0.4, 0.5) is 0 Å². The minimum absolute atomic E-state index is 0.0758. The highest BCUT2D eigenvalue weighted by Gasteiger charge is 2.26. The normalized spacial score (nSPS) is 15.6. The minimum atomic E-state index is -3.42. The lowest BCUT2D eigenvalue weighted by atomic mass is 9.97. The molecule has 6 nitrogen and oxygen atoms in total. The molecular weight excluding hydrogens is 424 g/mol. The zero-order valence-electron chi connectivity index (χ0n) is 16.4. The van der Waals surface area contributed by atoms with E-state index in [9.17, 15) is 13.2 Å². The van der Waals surface area contributed by atoms with Gasteiger partial charge in [-0.3, -0.25) is 4.79 Å². The van der Waals surface area contributed by atoms with Gasteiger partial charge in [-0.1, -0.05) is 41.9 Å². The number of halogens is 1. The van der Waals surface area contributed by atoms with Crippen molar-refractivity contribution in [2.75, 3.05) is 19.6 Å². The molecule has 2 heterocycles. The molecule has 0 atom stereocenters. The number of hydrogen-bond acceptors (Lipinski definition) is 4. The molecule has 0 unspecified atom stereocenters. The molecule has 0 saturated carbocycles. The number of fused-ring (bicyclic) bond motifs is 1. The highest BCUT2D eigenvalue weighted by molar-refractivity contribution is 7.88. The summed E-state index contributed by atoms with van der Waals surface area (Å²) < 4.78 is 33.1. The molecule has 1 saturated heterocycles. The maximum absolute atomic E-state index is 12.7. The lowest BCUT2D eigenvalue weighted by molar-refractivity contribution is 0.0662. The summed E-state index contributed by atoms with van der Waals surface area (Å²) in [5.41, 5.74) is 1.39. The number of furan rings is 1. The topological polar surface area (TPSA) is 79.6 Å². The zero-order chi connectivity index (χ0) is 21.1. The van der Waals surface area contributed by atoms with Crippen molar-refractivity contribution in [3.05, 3.63) is 70.9 Å². The van der Waals surface area contributed by atoms with Gasteiger partial charge in [-0.05, 0) is 48.6 Å². The van der Waals surface area contributed by atoms with Crippen molar-refractivity contribution >= 4 is 38.5 Å². The third-order valence-electron chi connectivity index (χ3n) is 5.40. The number of nitrogens with one attached hydrogen (secondary N) is 1. The molecule has 3 aromatic rings. The Morgan fingerprint density at radius 1 is 1.10 bits per heavy atom. The quantitative estimate of drug-likeness (QED) is 0.619. The smallest absolute Gasteiger partial charge is 0.289 e. The van der Waals surface area contributed by atoms with Crippen LogP contribution in [0.15, 0.2) is 59.0 Å². The van der Waals surface area contributed by atoms with Crippen LogP contribution >= 0.6 is 11.6 Å². The van der Waals surface area contributed by atoms with E-state index in [1.807, 2.05) is 24.3 Å². The van der Waals surface area contributed by atoms with E-state index in [0.29, 0.717) is 41.6 Å². The molecule has 1 aromatic heterocycles. The van der Waals surface area contributed by atoms with Crippen LogP contribution in [0, 0.1) is 5.92 Å². The highest BCUT2D eigenvalue weighted by Crippen LogP contribution is 2.23. The van der Waals surface area contributed by atoms with E-state index in [1.165, 1.54) is 0 Å². The number of carbonyl (C=O) groups is 1. The van der Waals surface area contributed by atoms with Gasteiger partial charge in [0.2, 0.25) is 10.0 Å². The Hall–Kier alpha value is -2.35. The average Bonchev–Trinajstić information content (AvgIpc) is 3.18. The monoisotopic (exact) mass is 446 g/mol. The number of rotatable bonds is 6. The highest BCUT2D eigenvalue weighted by atomic mass is 35.5. The first-order valence-corrected chi connectivity index (χ1v) is 11.9. The van der Waals surface area contributed by atoms with Crippen LogP contribution in [0.1, 0.15) is 29.0 Å². The molecule has 158 valence electrons. The first-order chi connectivity index (χ1) is 14.4. The van der Waals surface area contributed by atoms with Crippen LogP contribution in [0.25, 0.3) is 11.0 Å². The maximum atomic E-state index is 12.7. The lowest BCUT2D eigenvalue weighted by Crippen LogP contribution is -2.41. The second kappa shape index (κ2) is 8.79. The van der Waals surface area contributed by atoms with Gasteiger partial charge in [0.05, 0.1) is 5.75 Å². The Bertz CT molecular complexity index is 1100. The van der Waals surface area contributed by atoms with Gasteiger partial charge in [-0.15, -0.1) is 0 Å². The number of piperidine rings is 1. The van der Waals surface area contributed by atoms with Crippen LogP contribution in [0.3, 0.4) is 0 Å². The van der Waals surface area contributed by atoms with E-state index in [1.54, 1.807) is 35.2 Å². The van der Waals surface area contributed by atoms with Gasteiger partial charge >= 0.3 is 0 Å². The van der Waals surface area contributed by atoms with E-state index >= 15 is 0 Å². The molecule has 0 aliphatic carbocycles. The van der Waals surface area contributed by atoms with Crippen LogP contribution in [0.5, 0.6) is 0 Å². The average molecular weight is 447 g/mol. The van der Waals surface area contributed by atoms with Crippen LogP contribution in [0.2, 0.25) is 5.02 Å². The SMILES string of the molecule is O=C(c1cc2ccccc2o1)N1CCC(CNS(=O)(=O)Cc2ccc(Cl)cc2)CC1. The maximum Gasteiger partial charge on any atom is 0.289 e. The van der Waals surface area contributed by atoms with E-state index in [-0.39, 0.29) is 17.6 Å². The number of benzene rings is 2. The van der Waals surface area contributed by atoms with E-state index in [4.69, 9.17) is 16.0 Å². The van der Waals surface area contributed by atoms with Gasteiger partial charge in [-0.2, -0.15) is 0 Å². The van der Waals surface area contributed by atoms with Gasteiger partial charge in [0.25, 0.3) is 5.91 Å². The largest absolute Gasteiger partial charge is 0.451 e. The minimum Gasteiger partial charge on any atom is -0.451 e. The van der Waals surface area contributed by atoms with Gasteiger partial charge in [0.1, 0.15) is 5.58 Å². The summed E-state index contributed by atoms with van der Waals surface area (Å²) in [7, 11) is -3.42. The van der Waals surface area contributed by atoms with Crippen molar-refractivity contribution in [2.24, 2.45) is 5.92 Å². The summed E-state index contributed by atoms with van der Waals surface area (Å²) in [6.45, 7) is 1.54. The molecule has 0 radical (unpaired) electrons. The van der Waals surface area contributed by atoms with E-state index < -0.39 is 10.0 Å². The van der Waals surface area contributed by atoms with Gasteiger partial charge in [0, 0.05) is 30.0 Å². The molecule has 0 spiro atoms. The van der Waals surface area contributed by atoms with Gasteiger partial charge in [-0.25, -0.2) is 13.1 Å². The van der Waals surface area contributed by atoms with Gasteiger partial charge < -0.3 is 9.32 Å². The molecule has 1 fully saturated rings. The Balaban J connectivity index is 1.28. The molecule has 4 rings (SSSR count). The number of hydrogen-bond donors (Lipinski definition) is 1. The number of para-hydroxylation sites is 1. The fourth-order valence-electron chi connectivity index (χ4n) is 3.68. The van der Waals surface area contributed by atoms with Crippen molar-refractivity contribution in [1.82, 2.24) is 9.62 Å². The number of sulfonamides is 1. The zero-order valence-corrected chi connectivity index (χ0v) is 18.0. The van der Waals surface area contributed by atoms with E-state index in [0.717, 1.165) is 18.2 Å². The lowest BCUT2D eigenvalue weighted by Gasteiger charge is -2.31. The first kappa shape index (κ1) is 20.9. The van der Waals surface area contributed by atoms with Gasteiger partial charge in [0.15, 0.2) is 5.76 Å². The summed E-state index contributed by atoms with van der Waals surface area (Å²) >= 11 is 5.84. The summed E-state index contributed by atoms with van der Waals surface area (Å²) in [6.07, 6.45) is 1.49. The molecule has 1 amide bonds. The Kier molecular flexibility index (Phi) is 6.13. The first-order valence-electron chi connectivity index (χ1n) is 9.89. The number of likely N-dealkylation sites (tertiary alicyclic amines) is 1. The number of carbonyl (C=O) groups excluding carboxylic acids is 1. The third kappa shape index (κ3) is 5.03. The molecule has 1 aliphatic heterocycles. The summed E-state index contributed by atoms with van der Waals surface area (Å²) in [5.74, 6) is 0.351. The summed E-state index contributed by atoms with van der Waals surface area (Å²) in [5, 5.41) is 1.49. The number of nitrogens with zero attached hydrogens (tertiary/aromatic N) is 1. The molecular formula is C22H23ClN2O4S. The fraction of sp³-hybridized carbons (Fsp3) is 0.318. The van der Waals surface area contributed by atoms with Crippen molar-refractivity contribution in [3.8, 4) is 0 Å². The molecule has 0 bridgehead atoms. The van der Waals surface area contributed by atoms with Crippen molar-refractivity contribution in [2.45, 2.75) is 18.6 Å². The molecule has 30 heavy (non-hydrogen) atoms. The second-order valence-corrected chi connectivity index (χ2v) is 9.86. The van der Waals surface area contributed by atoms with Crippen LogP contribution in [-0.4, -0.2) is 38.9 Å². The standard InChI is InChI=1S/C22H23ClN2O4S/c23-19-7-5-17(6-8-19)15-30(27,28)24-14-16-9-11-25(12-10-16)22(26)21-13-18-3-1-2-4-20(18)29-21/h1-8,13,16,24H,9-12,14-15H2. The van der Waals surface area contributed by atoms with Crippen LogP contribution < -0.4 is 4.72 Å². The van der Waals surface area contributed by atoms with Crippen molar-refractivity contribution in [3.63, 3.8) is 0 Å². The predicted molar refractivity (Wildman–Crippen MR) is 117 cm³/mol. The summed E-state index contributed by atoms with van der Waals surface area (Å²) in [4.78, 5) is 14.5.